The molecule has 0 saturated carbocycles. The molecule has 0 aromatic heterocycles. The fraction of sp³-hybridized carbons (Fsp3) is 0.667. The minimum absolute atomic E-state index is 0.0716. The van der Waals surface area contributed by atoms with Crippen LogP contribution >= 0.6 is 0 Å². The lowest BCUT2D eigenvalue weighted by Gasteiger charge is -2.41. The number of ketones is 1. The highest BCUT2D eigenvalue weighted by atomic mass is 19.1. The smallest absolute Gasteiger partial charge is 0.256 e. The number of amides is 1. The zero-order valence-corrected chi connectivity index (χ0v) is 18.3. The van der Waals surface area contributed by atoms with E-state index in [1.54, 1.807) is 11.0 Å². The van der Waals surface area contributed by atoms with Crippen LogP contribution in [0.15, 0.2) is 18.2 Å². The number of halogens is 1. The first kappa shape index (κ1) is 21.9. The van der Waals surface area contributed by atoms with E-state index in [0.717, 1.165) is 31.8 Å². The molecule has 2 saturated heterocycles. The van der Waals surface area contributed by atoms with Crippen molar-refractivity contribution in [2.75, 3.05) is 26.2 Å². The molecule has 4 nitrogen and oxygen atoms in total. The predicted octanol–water partition coefficient (Wildman–Crippen LogP) is 4.78. The monoisotopic (exact) mass is 402 g/mol. The van der Waals surface area contributed by atoms with E-state index < -0.39 is 5.82 Å². The number of hydrogen-bond acceptors (Lipinski definition) is 3. The molecule has 1 atom stereocenters. The highest BCUT2D eigenvalue weighted by Crippen LogP contribution is 2.26. The van der Waals surface area contributed by atoms with E-state index in [2.05, 4.69) is 11.8 Å². The lowest BCUT2D eigenvalue weighted by atomic mass is 9.87. The predicted molar refractivity (Wildman–Crippen MR) is 114 cm³/mol. The van der Waals surface area contributed by atoms with Crippen LogP contribution in [0.1, 0.15) is 80.5 Å². The summed E-state index contributed by atoms with van der Waals surface area (Å²) in [5.41, 5.74) is 0.257. The second kappa shape index (κ2) is 8.95. The fourth-order valence-electron chi connectivity index (χ4n) is 4.61. The van der Waals surface area contributed by atoms with Crippen LogP contribution in [-0.4, -0.2) is 53.7 Å². The number of piperidine rings is 2. The molecular formula is C24H35FN2O2. The van der Waals surface area contributed by atoms with Crippen LogP contribution in [0.5, 0.6) is 0 Å². The van der Waals surface area contributed by atoms with Crippen molar-refractivity contribution in [3.8, 4) is 0 Å². The van der Waals surface area contributed by atoms with Crippen molar-refractivity contribution in [1.29, 1.82) is 0 Å². The van der Waals surface area contributed by atoms with E-state index in [4.69, 9.17) is 0 Å². The van der Waals surface area contributed by atoms with Crippen LogP contribution in [0.25, 0.3) is 0 Å². The molecule has 1 aromatic rings. The lowest BCUT2D eigenvalue weighted by Crippen LogP contribution is -2.49. The SMILES string of the molecule is CC1CCCN(C2CCN(C(=O)c3ccc(C(=O)CC(C)(C)C)cc3F)CC2)C1. The van der Waals surface area contributed by atoms with Gasteiger partial charge in [-0.25, -0.2) is 4.39 Å². The quantitative estimate of drug-likeness (QED) is 0.681. The van der Waals surface area contributed by atoms with Gasteiger partial charge in [-0.2, -0.15) is 0 Å². The molecular weight excluding hydrogens is 367 g/mol. The Morgan fingerprint density at radius 1 is 1.10 bits per heavy atom. The zero-order valence-electron chi connectivity index (χ0n) is 18.3. The van der Waals surface area contributed by atoms with Crippen LogP contribution in [-0.2, 0) is 0 Å². The number of rotatable bonds is 4. The van der Waals surface area contributed by atoms with E-state index >= 15 is 0 Å². The van der Waals surface area contributed by atoms with Gasteiger partial charge in [-0.1, -0.05) is 33.8 Å². The number of hydrogen-bond donors (Lipinski definition) is 0. The first-order valence-corrected chi connectivity index (χ1v) is 11.0. The largest absolute Gasteiger partial charge is 0.338 e. The maximum absolute atomic E-state index is 14.7. The molecule has 1 aromatic carbocycles. The Morgan fingerprint density at radius 3 is 2.38 bits per heavy atom. The molecule has 3 rings (SSSR count). The molecule has 2 heterocycles. The van der Waals surface area contributed by atoms with Crippen LogP contribution < -0.4 is 0 Å². The van der Waals surface area contributed by atoms with E-state index in [0.29, 0.717) is 31.1 Å². The van der Waals surface area contributed by atoms with Crippen LogP contribution in [0.2, 0.25) is 0 Å². The number of benzene rings is 1. The van der Waals surface area contributed by atoms with Gasteiger partial charge in [0.05, 0.1) is 5.56 Å². The first-order valence-electron chi connectivity index (χ1n) is 11.0. The van der Waals surface area contributed by atoms with Crippen LogP contribution in [0.3, 0.4) is 0 Å². The minimum atomic E-state index is -0.596. The van der Waals surface area contributed by atoms with Gasteiger partial charge in [0.15, 0.2) is 5.78 Å². The Labute approximate surface area is 174 Å². The first-order chi connectivity index (χ1) is 13.6. The molecule has 5 heteroatoms. The van der Waals surface area contributed by atoms with Gasteiger partial charge in [0.1, 0.15) is 5.82 Å². The maximum atomic E-state index is 14.7. The Balaban J connectivity index is 1.60. The summed E-state index contributed by atoms with van der Waals surface area (Å²) >= 11 is 0. The van der Waals surface area contributed by atoms with Gasteiger partial charge in [0.2, 0.25) is 0 Å². The molecule has 2 aliphatic rings. The Morgan fingerprint density at radius 2 is 1.79 bits per heavy atom. The number of likely N-dealkylation sites (tertiary alicyclic amines) is 2. The Hall–Kier alpha value is -1.75. The normalized spacial score (nSPS) is 22.0. The van der Waals surface area contributed by atoms with Crippen molar-refractivity contribution in [2.24, 2.45) is 11.3 Å². The van der Waals surface area contributed by atoms with E-state index in [1.807, 2.05) is 20.8 Å². The summed E-state index contributed by atoms with van der Waals surface area (Å²) in [6.45, 7) is 11.9. The average molecular weight is 403 g/mol. The minimum Gasteiger partial charge on any atom is -0.338 e. The molecule has 2 fully saturated rings. The zero-order chi connectivity index (χ0) is 21.2. The highest BCUT2D eigenvalue weighted by molar-refractivity contribution is 5.99. The maximum Gasteiger partial charge on any atom is 0.256 e. The Kier molecular flexibility index (Phi) is 6.77. The molecule has 1 unspecified atom stereocenters. The topological polar surface area (TPSA) is 40.6 Å². The molecule has 2 aliphatic heterocycles. The number of Topliss-reactive ketones (excluding diaryl/α,β-unsaturated/α-hetero) is 1. The van der Waals surface area contributed by atoms with Gasteiger partial charge >= 0.3 is 0 Å². The third-order valence-electron chi connectivity index (χ3n) is 6.17. The second-order valence-electron chi connectivity index (χ2n) is 10.1. The second-order valence-corrected chi connectivity index (χ2v) is 10.1. The third-order valence-corrected chi connectivity index (χ3v) is 6.17. The summed E-state index contributed by atoms with van der Waals surface area (Å²) in [5, 5.41) is 0. The molecule has 160 valence electrons. The van der Waals surface area contributed by atoms with E-state index in [-0.39, 0.29) is 22.7 Å². The fourth-order valence-corrected chi connectivity index (χ4v) is 4.61. The van der Waals surface area contributed by atoms with Crippen LogP contribution in [0, 0.1) is 17.2 Å². The summed E-state index contributed by atoms with van der Waals surface area (Å²) in [6, 6.07) is 4.82. The van der Waals surface area contributed by atoms with Crippen molar-refractivity contribution >= 4 is 11.7 Å². The summed E-state index contributed by atoms with van der Waals surface area (Å²) < 4.78 is 14.7. The molecule has 0 bridgehead atoms. The van der Waals surface area contributed by atoms with E-state index in [1.165, 1.54) is 25.0 Å². The summed E-state index contributed by atoms with van der Waals surface area (Å²) in [7, 11) is 0. The van der Waals surface area contributed by atoms with Gasteiger partial charge < -0.3 is 4.90 Å². The molecule has 0 spiro atoms. The summed E-state index contributed by atoms with van der Waals surface area (Å²) in [4.78, 5) is 29.5. The number of nitrogens with zero attached hydrogens (tertiary/aromatic N) is 2. The summed E-state index contributed by atoms with van der Waals surface area (Å²) in [6.07, 6.45) is 4.81. The lowest BCUT2D eigenvalue weighted by molar-refractivity contribution is 0.0538. The molecule has 29 heavy (non-hydrogen) atoms. The summed E-state index contributed by atoms with van der Waals surface area (Å²) in [5.74, 6) is -0.200. The van der Waals surface area contributed by atoms with Crippen LogP contribution in [0.4, 0.5) is 4.39 Å². The van der Waals surface area contributed by atoms with Crippen molar-refractivity contribution in [3.05, 3.63) is 35.1 Å². The van der Waals surface area contributed by atoms with Crippen molar-refractivity contribution in [3.63, 3.8) is 0 Å². The third kappa shape index (κ3) is 5.65. The van der Waals surface area contributed by atoms with Gasteiger partial charge in [-0.3, -0.25) is 14.5 Å². The Bertz CT molecular complexity index is 748. The molecule has 0 radical (unpaired) electrons. The highest BCUT2D eigenvalue weighted by Gasteiger charge is 2.30. The number of carbonyl (C=O) groups excluding carboxylic acids is 2. The van der Waals surface area contributed by atoms with Gasteiger partial charge in [-0.15, -0.1) is 0 Å². The van der Waals surface area contributed by atoms with E-state index in [9.17, 15) is 14.0 Å². The van der Waals surface area contributed by atoms with Crippen molar-refractivity contribution in [2.45, 2.75) is 65.8 Å². The standard InChI is InChI=1S/C24H35FN2O2/c1-17-6-5-11-27(16-17)19-9-12-26(13-10-19)23(29)20-8-7-18(14-21(20)25)22(28)15-24(2,3)4/h7-8,14,17,19H,5-6,9-13,15-16H2,1-4H3. The van der Waals surface area contributed by atoms with Crippen molar-refractivity contribution in [1.82, 2.24) is 9.80 Å². The van der Waals surface area contributed by atoms with Gasteiger partial charge in [-0.05, 0) is 55.7 Å². The molecule has 0 N–H and O–H groups in total. The van der Waals surface area contributed by atoms with Gasteiger partial charge in [0.25, 0.3) is 5.91 Å². The molecule has 1 amide bonds. The van der Waals surface area contributed by atoms with Gasteiger partial charge in [0, 0.05) is 37.7 Å². The average Bonchev–Trinajstić information content (AvgIpc) is 2.66. The number of carbonyl (C=O) groups is 2. The molecule has 0 aliphatic carbocycles. The van der Waals surface area contributed by atoms with Crippen molar-refractivity contribution < 1.29 is 14.0 Å².